The first kappa shape index (κ1) is 17.3. The van der Waals surface area contributed by atoms with E-state index in [0.29, 0.717) is 6.42 Å². The molecule has 0 spiro atoms. The maximum Gasteiger partial charge on any atom is 0.240 e. The monoisotopic (exact) mass is 289 g/mol. The molecular weight excluding hydrogens is 262 g/mol. The molecule has 1 aromatic rings. The summed E-state index contributed by atoms with van der Waals surface area (Å²) in [5.74, 6) is -0.0128. The van der Waals surface area contributed by atoms with Gasteiger partial charge in [0.15, 0.2) is 0 Å². The molecule has 0 atom stereocenters. The van der Waals surface area contributed by atoms with Crippen LogP contribution in [0.4, 0.5) is 0 Å². The van der Waals surface area contributed by atoms with Crippen molar-refractivity contribution in [2.24, 2.45) is 5.10 Å². The van der Waals surface area contributed by atoms with Crippen LogP contribution in [0.5, 0.6) is 0 Å². The maximum absolute atomic E-state index is 11.6. The predicted molar refractivity (Wildman–Crippen MR) is 87.2 cm³/mol. The Hall–Kier alpha value is -1.71. The van der Waals surface area contributed by atoms with Crippen LogP contribution in [-0.2, 0) is 4.79 Å². The average molecular weight is 289 g/mol. The van der Waals surface area contributed by atoms with E-state index in [1.54, 1.807) is 18.6 Å². The van der Waals surface area contributed by atoms with Crippen LogP contribution in [0.15, 0.2) is 29.6 Å². The van der Waals surface area contributed by atoms with E-state index in [1.165, 1.54) is 38.5 Å². The van der Waals surface area contributed by atoms with Crippen LogP contribution < -0.4 is 5.43 Å². The van der Waals surface area contributed by atoms with E-state index >= 15 is 0 Å². The third kappa shape index (κ3) is 9.77. The fourth-order valence-corrected chi connectivity index (χ4v) is 2.11. The van der Waals surface area contributed by atoms with Crippen molar-refractivity contribution < 1.29 is 4.79 Å². The Morgan fingerprint density at radius 3 is 2.57 bits per heavy atom. The molecule has 1 aromatic heterocycles. The fraction of sp³-hybridized carbons (Fsp3) is 0.588. The van der Waals surface area contributed by atoms with Crippen molar-refractivity contribution >= 4 is 12.1 Å². The number of unbranched alkanes of at least 4 members (excludes halogenated alkanes) is 7. The number of rotatable bonds is 11. The summed E-state index contributed by atoms with van der Waals surface area (Å²) in [6.07, 6.45) is 15.5. The van der Waals surface area contributed by atoms with E-state index in [9.17, 15) is 4.79 Å². The smallest absolute Gasteiger partial charge is 0.240 e. The number of pyridine rings is 1. The van der Waals surface area contributed by atoms with E-state index in [1.807, 2.05) is 12.1 Å². The predicted octanol–water partition coefficient (Wildman–Crippen LogP) is 4.06. The number of carbonyl (C=O) groups is 1. The van der Waals surface area contributed by atoms with E-state index in [2.05, 4.69) is 22.4 Å². The number of hydrogen-bond acceptors (Lipinski definition) is 3. The minimum Gasteiger partial charge on any atom is -0.273 e. The second-order valence-corrected chi connectivity index (χ2v) is 5.30. The Bertz CT molecular complexity index is 404. The molecular formula is C17H27N3O. The molecule has 0 unspecified atom stereocenters. The summed E-state index contributed by atoms with van der Waals surface area (Å²) < 4.78 is 0. The highest BCUT2D eigenvalue weighted by Gasteiger charge is 1.99. The number of aromatic nitrogens is 1. The molecule has 0 fully saturated rings. The van der Waals surface area contributed by atoms with Gasteiger partial charge >= 0.3 is 0 Å². The summed E-state index contributed by atoms with van der Waals surface area (Å²) in [7, 11) is 0. The van der Waals surface area contributed by atoms with Crippen LogP contribution in [0.2, 0.25) is 0 Å². The molecule has 4 heteroatoms. The zero-order chi connectivity index (χ0) is 15.2. The number of hydrazone groups is 1. The molecule has 1 rings (SSSR count). The Morgan fingerprint density at radius 2 is 1.90 bits per heavy atom. The molecule has 1 N–H and O–H groups in total. The van der Waals surface area contributed by atoms with Crippen molar-refractivity contribution in [3.05, 3.63) is 30.1 Å². The minimum absolute atomic E-state index is 0.0128. The minimum atomic E-state index is -0.0128. The normalized spacial score (nSPS) is 10.9. The first-order chi connectivity index (χ1) is 10.3. The van der Waals surface area contributed by atoms with E-state index in [-0.39, 0.29) is 5.91 Å². The quantitative estimate of drug-likeness (QED) is 0.379. The second kappa shape index (κ2) is 12.1. The molecule has 21 heavy (non-hydrogen) atoms. The first-order valence-corrected chi connectivity index (χ1v) is 8.05. The highest BCUT2D eigenvalue weighted by molar-refractivity contribution is 5.81. The van der Waals surface area contributed by atoms with Gasteiger partial charge in [0, 0.05) is 24.4 Å². The highest BCUT2D eigenvalue weighted by atomic mass is 16.2. The van der Waals surface area contributed by atoms with Gasteiger partial charge in [0.05, 0.1) is 6.21 Å². The Kier molecular flexibility index (Phi) is 9.96. The van der Waals surface area contributed by atoms with Gasteiger partial charge in [-0.15, -0.1) is 0 Å². The van der Waals surface area contributed by atoms with Crippen molar-refractivity contribution in [2.75, 3.05) is 0 Å². The van der Waals surface area contributed by atoms with Gasteiger partial charge in [0.1, 0.15) is 0 Å². The van der Waals surface area contributed by atoms with Crippen LogP contribution in [0.25, 0.3) is 0 Å². The third-order valence-corrected chi connectivity index (χ3v) is 3.34. The van der Waals surface area contributed by atoms with E-state index < -0.39 is 0 Å². The van der Waals surface area contributed by atoms with Crippen LogP contribution in [0.3, 0.4) is 0 Å². The molecule has 0 aliphatic carbocycles. The van der Waals surface area contributed by atoms with Gasteiger partial charge in [-0.1, -0.05) is 57.9 Å². The molecule has 0 aliphatic rings. The maximum atomic E-state index is 11.6. The Balaban J connectivity index is 1.98. The summed E-state index contributed by atoms with van der Waals surface area (Å²) in [4.78, 5) is 15.5. The standard InChI is InChI=1S/C17H27N3O/c1-2-3-4-5-6-7-8-9-12-17(21)20-19-15-16-11-10-13-18-14-16/h10-11,13-15H,2-9,12H2,1H3,(H,20,21)/b19-15-. The van der Waals surface area contributed by atoms with Crippen LogP contribution in [-0.4, -0.2) is 17.1 Å². The highest BCUT2D eigenvalue weighted by Crippen LogP contribution is 2.09. The molecule has 0 saturated heterocycles. The van der Waals surface area contributed by atoms with Crippen molar-refractivity contribution in [3.8, 4) is 0 Å². The zero-order valence-corrected chi connectivity index (χ0v) is 13.1. The number of amides is 1. The zero-order valence-electron chi connectivity index (χ0n) is 13.1. The van der Waals surface area contributed by atoms with Crippen molar-refractivity contribution in [3.63, 3.8) is 0 Å². The molecule has 1 amide bonds. The number of hydrogen-bond donors (Lipinski definition) is 1. The fourth-order valence-electron chi connectivity index (χ4n) is 2.11. The number of nitrogens with one attached hydrogen (secondary N) is 1. The summed E-state index contributed by atoms with van der Waals surface area (Å²) in [6.45, 7) is 2.23. The van der Waals surface area contributed by atoms with E-state index in [4.69, 9.17) is 0 Å². The van der Waals surface area contributed by atoms with Gasteiger partial charge in [-0.3, -0.25) is 9.78 Å². The molecule has 1 heterocycles. The van der Waals surface area contributed by atoms with Gasteiger partial charge in [-0.2, -0.15) is 5.10 Å². The molecule has 4 nitrogen and oxygen atoms in total. The van der Waals surface area contributed by atoms with Gasteiger partial charge in [0.2, 0.25) is 5.91 Å². The van der Waals surface area contributed by atoms with Crippen LogP contribution in [0.1, 0.15) is 70.3 Å². The first-order valence-electron chi connectivity index (χ1n) is 8.05. The van der Waals surface area contributed by atoms with Crippen molar-refractivity contribution in [1.29, 1.82) is 0 Å². The van der Waals surface area contributed by atoms with Gasteiger partial charge in [-0.25, -0.2) is 5.43 Å². The molecule has 0 bridgehead atoms. The van der Waals surface area contributed by atoms with E-state index in [0.717, 1.165) is 18.4 Å². The summed E-state index contributed by atoms with van der Waals surface area (Å²) in [5, 5.41) is 3.93. The molecule has 0 aromatic carbocycles. The largest absolute Gasteiger partial charge is 0.273 e. The molecule has 0 radical (unpaired) electrons. The Morgan fingerprint density at radius 1 is 1.19 bits per heavy atom. The average Bonchev–Trinajstić information content (AvgIpc) is 2.51. The lowest BCUT2D eigenvalue weighted by Crippen LogP contribution is -2.16. The number of nitrogens with zero attached hydrogens (tertiary/aromatic N) is 2. The van der Waals surface area contributed by atoms with Gasteiger partial charge in [0.25, 0.3) is 0 Å². The van der Waals surface area contributed by atoms with Crippen LogP contribution >= 0.6 is 0 Å². The lowest BCUT2D eigenvalue weighted by Gasteiger charge is -2.01. The topological polar surface area (TPSA) is 54.4 Å². The molecule has 116 valence electrons. The summed E-state index contributed by atoms with van der Waals surface area (Å²) in [5.41, 5.74) is 3.43. The van der Waals surface area contributed by atoms with Crippen LogP contribution in [0, 0.1) is 0 Å². The second-order valence-electron chi connectivity index (χ2n) is 5.30. The summed E-state index contributed by atoms with van der Waals surface area (Å²) >= 11 is 0. The van der Waals surface area contributed by atoms with Gasteiger partial charge in [-0.05, 0) is 12.5 Å². The lowest BCUT2D eigenvalue weighted by atomic mass is 10.1. The SMILES string of the molecule is CCCCCCCCCCC(=O)N/N=C\c1cccnc1. The lowest BCUT2D eigenvalue weighted by molar-refractivity contribution is -0.121. The van der Waals surface area contributed by atoms with Crippen molar-refractivity contribution in [1.82, 2.24) is 10.4 Å². The third-order valence-electron chi connectivity index (χ3n) is 3.34. The Labute approximate surface area is 128 Å². The molecule has 0 aliphatic heterocycles. The summed E-state index contributed by atoms with van der Waals surface area (Å²) in [6, 6.07) is 3.73. The van der Waals surface area contributed by atoms with Gasteiger partial charge < -0.3 is 0 Å². The van der Waals surface area contributed by atoms with Crippen molar-refractivity contribution in [2.45, 2.75) is 64.7 Å². The number of carbonyl (C=O) groups excluding carboxylic acids is 1. The molecule has 0 saturated carbocycles.